The summed E-state index contributed by atoms with van der Waals surface area (Å²) in [6.45, 7) is 1.99. The highest BCUT2D eigenvalue weighted by Gasteiger charge is 2.24. The number of thioether (sulfide) groups is 1. The molecule has 14 heavy (non-hydrogen) atoms. The molecule has 0 saturated carbocycles. The number of hydrogen-bond donors (Lipinski definition) is 1. The van der Waals surface area contributed by atoms with Crippen molar-refractivity contribution in [1.82, 2.24) is 5.32 Å². The van der Waals surface area contributed by atoms with Gasteiger partial charge in [0.15, 0.2) is 0 Å². The van der Waals surface area contributed by atoms with Crippen LogP contribution in [-0.4, -0.2) is 23.5 Å². The van der Waals surface area contributed by atoms with Gasteiger partial charge in [-0.3, -0.25) is 4.79 Å². The third-order valence-electron chi connectivity index (χ3n) is 2.48. The molecule has 0 aromatic heterocycles. The van der Waals surface area contributed by atoms with Gasteiger partial charge in [-0.25, -0.2) is 0 Å². The third-order valence-corrected chi connectivity index (χ3v) is 3.64. The average Bonchev–Trinajstić information content (AvgIpc) is 2.69. The van der Waals surface area contributed by atoms with Crippen molar-refractivity contribution in [2.45, 2.75) is 32.2 Å². The first kappa shape index (κ1) is 11.4. The van der Waals surface area contributed by atoms with Gasteiger partial charge in [-0.2, -0.15) is 17.0 Å². The molecule has 3 nitrogen and oxygen atoms in total. The molecule has 1 amide bonds. The number of rotatable bonds is 4. The Morgan fingerprint density at radius 3 is 3.07 bits per heavy atom. The Morgan fingerprint density at radius 1 is 1.79 bits per heavy atom. The van der Waals surface area contributed by atoms with Gasteiger partial charge in [0, 0.05) is 17.7 Å². The van der Waals surface area contributed by atoms with Crippen LogP contribution in [-0.2, 0) is 4.79 Å². The molecular weight excluding hydrogens is 196 g/mol. The Kier molecular flexibility index (Phi) is 4.81. The van der Waals surface area contributed by atoms with Crippen LogP contribution in [0.3, 0.4) is 0 Å². The van der Waals surface area contributed by atoms with Gasteiger partial charge in [0.1, 0.15) is 0 Å². The van der Waals surface area contributed by atoms with Crippen molar-refractivity contribution in [3.8, 4) is 6.07 Å². The zero-order valence-electron chi connectivity index (χ0n) is 8.45. The molecule has 0 aliphatic carbocycles. The lowest BCUT2D eigenvalue weighted by Crippen LogP contribution is -2.38. The highest BCUT2D eigenvalue weighted by atomic mass is 32.2. The van der Waals surface area contributed by atoms with Gasteiger partial charge in [-0.15, -0.1) is 0 Å². The van der Waals surface area contributed by atoms with Crippen molar-refractivity contribution < 1.29 is 4.79 Å². The van der Waals surface area contributed by atoms with Crippen molar-refractivity contribution in [1.29, 1.82) is 5.26 Å². The second-order valence-electron chi connectivity index (χ2n) is 3.54. The normalized spacial score (nSPS) is 22.7. The molecule has 1 rings (SSSR count). The van der Waals surface area contributed by atoms with Crippen LogP contribution < -0.4 is 5.32 Å². The van der Waals surface area contributed by atoms with Crippen LogP contribution in [0.4, 0.5) is 0 Å². The summed E-state index contributed by atoms with van der Waals surface area (Å²) in [6.07, 6.45) is 2.24. The lowest BCUT2D eigenvalue weighted by molar-refractivity contribution is -0.124. The standard InChI is InChI=1S/C10H16N2OS/c1-2-9(3-5-11)12-10(13)8-4-6-14-7-8/h8-9H,2-4,6-7H2,1H3,(H,12,13). The molecule has 1 saturated heterocycles. The SMILES string of the molecule is CCC(CC#N)NC(=O)C1CCSC1. The summed E-state index contributed by atoms with van der Waals surface area (Å²) in [5, 5.41) is 11.5. The summed E-state index contributed by atoms with van der Waals surface area (Å²) < 4.78 is 0. The Labute approximate surface area is 89.2 Å². The molecule has 0 radical (unpaired) electrons. The van der Waals surface area contributed by atoms with E-state index in [1.54, 1.807) is 0 Å². The quantitative estimate of drug-likeness (QED) is 0.769. The van der Waals surface area contributed by atoms with Gasteiger partial charge >= 0.3 is 0 Å². The maximum absolute atomic E-state index is 11.7. The van der Waals surface area contributed by atoms with Crippen LogP contribution in [0.25, 0.3) is 0 Å². The van der Waals surface area contributed by atoms with E-state index in [9.17, 15) is 4.79 Å². The van der Waals surface area contributed by atoms with Crippen LogP contribution in [0.15, 0.2) is 0 Å². The highest BCUT2D eigenvalue weighted by Crippen LogP contribution is 2.23. The number of nitrogens with one attached hydrogen (secondary N) is 1. The predicted molar refractivity (Wildman–Crippen MR) is 57.9 cm³/mol. The first-order chi connectivity index (χ1) is 6.77. The minimum absolute atomic E-state index is 0.0399. The summed E-state index contributed by atoms with van der Waals surface area (Å²) in [5.74, 6) is 2.34. The summed E-state index contributed by atoms with van der Waals surface area (Å²) in [7, 11) is 0. The Bertz CT molecular complexity index is 231. The number of hydrogen-bond acceptors (Lipinski definition) is 3. The molecule has 2 unspecified atom stereocenters. The van der Waals surface area contributed by atoms with Crippen molar-refractivity contribution in [3.63, 3.8) is 0 Å². The van der Waals surface area contributed by atoms with Gasteiger partial charge in [-0.05, 0) is 18.6 Å². The van der Waals surface area contributed by atoms with Crippen molar-refractivity contribution in [2.24, 2.45) is 5.92 Å². The number of amides is 1. The topological polar surface area (TPSA) is 52.9 Å². The number of nitrogens with zero attached hydrogens (tertiary/aromatic N) is 1. The fourth-order valence-electron chi connectivity index (χ4n) is 1.47. The molecule has 78 valence electrons. The van der Waals surface area contributed by atoms with Crippen LogP contribution in [0.5, 0.6) is 0 Å². The molecule has 0 bridgehead atoms. The fraction of sp³-hybridized carbons (Fsp3) is 0.800. The van der Waals surface area contributed by atoms with E-state index in [-0.39, 0.29) is 17.9 Å². The van der Waals surface area contributed by atoms with Crippen LogP contribution in [0, 0.1) is 17.2 Å². The molecular formula is C10H16N2OS. The molecule has 1 N–H and O–H groups in total. The van der Waals surface area contributed by atoms with Gasteiger partial charge in [0.05, 0.1) is 12.5 Å². The molecule has 4 heteroatoms. The summed E-state index contributed by atoms with van der Waals surface area (Å²) in [5.41, 5.74) is 0. The van der Waals surface area contributed by atoms with Gasteiger partial charge < -0.3 is 5.32 Å². The van der Waals surface area contributed by atoms with Crippen molar-refractivity contribution in [2.75, 3.05) is 11.5 Å². The van der Waals surface area contributed by atoms with Gasteiger partial charge in [0.2, 0.25) is 5.91 Å². The van der Waals surface area contributed by atoms with E-state index in [4.69, 9.17) is 5.26 Å². The van der Waals surface area contributed by atoms with Crippen LogP contribution in [0.1, 0.15) is 26.2 Å². The van der Waals surface area contributed by atoms with E-state index in [1.165, 1.54) is 0 Å². The number of carbonyl (C=O) groups is 1. The second-order valence-corrected chi connectivity index (χ2v) is 4.69. The van der Waals surface area contributed by atoms with Crippen molar-refractivity contribution >= 4 is 17.7 Å². The van der Waals surface area contributed by atoms with Crippen LogP contribution in [0.2, 0.25) is 0 Å². The van der Waals surface area contributed by atoms with Crippen LogP contribution >= 0.6 is 11.8 Å². The molecule has 0 aromatic rings. The first-order valence-corrected chi connectivity index (χ1v) is 6.18. The van der Waals surface area contributed by atoms with E-state index in [0.29, 0.717) is 6.42 Å². The lowest BCUT2D eigenvalue weighted by Gasteiger charge is -2.16. The number of nitriles is 1. The van der Waals surface area contributed by atoms with E-state index in [1.807, 2.05) is 18.7 Å². The average molecular weight is 212 g/mol. The fourth-order valence-corrected chi connectivity index (χ4v) is 2.69. The summed E-state index contributed by atoms with van der Waals surface area (Å²) >= 11 is 1.83. The monoisotopic (exact) mass is 212 g/mol. The number of carbonyl (C=O) groups excluding carboxylic acids is 1. The first-order valence-electron chi connectivity index (χ1n) is 5.03. The van der Waals surface area contributed by atoms with Crippen molar-refractivity contribution in [3.05, 3.63) is 0 Å². The molecule has 2 atom stereocenters. The molecule has 1 heterocycles. The maximum Gasteiger partial charge on any atom is 0.224 e. The molecule has 0 aromatic carbocycles. The molecule has 1 fully saturated rings. The molecule has 1 aliphatic rings. The van der Waals surface area contributed by atoms with Gasteiger partial charge in [0.25, 0.3) is 0 Å². The third kappa shape index (κ3) is 3.22. The smallest absolute Gasteiger partial charge is 0.224 e. The zero-order valence-corrected chi connectivity index (χ0v) is 9.27. The largest absolute Gasteiger partial charge is 0.352 e. The summed E-state index contributed by atoms with van der Waals surface area (Å²) in [6, 6.07) is 2.13. The minimum atomic E-state index is 0.0399. The van der Waals surface area contributed by atoms with Gasteiger partial charge in [-0.1, -0.05) is 6.92 Å². The Hall–Kier alpha value is -0.690. The lowest BCUT2D eigenvalue weighted by atomic mass is 10.1. The minimum Gasteiger partial charge on any atom is -0.352 e. The van der Waals surface area contributed by atoms with E-state index < -0.39 is 0 Å². The van der Waals surface area contributed by atoms with E-state index in [2.05, 4.69) is 11.4 Å². The zero-order chi connectivity index (χ0) is 10.4. The van der Waals surface area contributed by atoms with E-state index >= 15 is 0 Å². The predicted octanol–water partition coefficient (Wildman–Crippen LogP) is 1.55. The Morgan fingerprint density at radius 2 is 2.57 bits per heavy atom. The second kappa shape index (κ2) is 5.92. The van der Waals surface area contributed by atoms with E-state index in [0.717, 1.165) is 24.3 Å². The molecule has 0 spiro atoms. The maximum atomic E-state index is 11.7. The molecule has 1 aliphatic heterocycles. The Balaban J connectivity index is 2.34. The highest BCUT2D eigenvalue weighted by molar-refractivity contribution is 7.99. The summed E-state index contributed by atoms with van der Waals surface area (Å²) in [4.78, 5) is 11.7.